The zero-order chi connectivity index (χ0) is 14.4. The van der Waals surface area contributed by atoms with Crippen molar-refractivity contribution in [3.8, 4) is 11.5 Å². The van der Waals surface area contributed by atoms with Crippen LogP contribution in [0, 0.1) is 0 Å². The molecule has 1 aromatic carbocycles. The number of carbonyl (C=O) groups excluding carboxylic acids is 1. The zero-order valence-corrected chi connectivity index (χ0v) is 10.1. The normalized spacial score (nSPS) is 11.2. The van der Waals surface area contributed by atoms with Gasteiger partial charge < -0.3 is 15.3 Å². The lowest BCUT2D eigenvalue weighted by atomic mass is 10.1. The summed E-state index contributed by atoms with van der Waals surface area (Å²) in [5.41, 5.74) is 0.104. The average molecular weight is 275 g/mol. The molecule has 0 aliphatic carbocycles. The predicted octanol–water partition coefficient (Wildman–Crippen LogP) is 0.840. The van der Waals surface area contributed by atoms with Gasteiger partial charge in [0.05, 0.1) is 19.7 Å². The highest BCUT2D eigenvalue weighted by Crippen LogP contribution is 2.25. The lowest BCUT2D eigenvalue weighted by Crippen LogP contribution is -2.36. The van der Waals surface area contributed by atoms with Crippen molar-refractivity contribution in [2.75, 3.05) is 26.2 Å². The molecule has 0 atom stereocenters. The number of hydrogen-bond acceptors (Lipinski definition) is 5. The van der Waals surface area contributed by atoms with E-state index < -0.39 is 24.5 Å². The molecule has 0 aromatic heterocycles. The molecule has 0 spiro atoms. The van der Waals surface area contributed by atoms with Gasteiger partial charge in [-0.15, -0.1) is 0 Å². The van der Waals surface area contributed by atoms with E-state index in [1.165, 1.54) is 6.07 Å². The third-order valence-corrected chi connectivity index (χ3v) is 2.48. The minimum atomic E-state index is -2.60. The first-order valence-corrected chi connectivity index (χ1v) is 5.60. The first kappa shape index (κ1) is 15.3. The van der Waals surface area contributed by atoms with Gasteiger partial charge in [-0.2, -0.15) is 0 Å². The number of aliphatic hydroxyl groups is 1. The molecule has 0 amide bonds. The summed E-state index contributed by atoms with van der Waals surface area (Å²) in [6.07, 6.45) is -2.60. The highest BCUT2D eigenvalue weighted by molar-refractivity contribution is 5.98. The van der Waals surface area contributed by atoms with E-state index in [1.54, 1.807) is 0 Å². The highest BCUT2D eigenvalue weighted by Gasteiger charge is 2.17. The summed E-state index contributed by atoms with van der Waals surface area (Å²) in [5, 5.41) is 27.1. The van der Waals surface area contributed by atoms with Gasteiger partial charge in [0.15, 0.2) is 17.3 Å². The molecule has 3 N–H and O–H groups in total. The molecule has 0 heterocycles. The summed E-state index contributed by atoms with van der Waals surface area (Å²) in [4.78, 5) is 12.9. The van der Waals surface area contributed by atoms with Gasteiger partial charge in [-0.3, -0.25) is 9.69 Å². The lowest BCUT2D eigenvalue weighted by Gasteiger charge is -2.19. The molecule has 0 saturated carbocycles. The van der Waals surface area contributed by atoms with Crippen molar-refractivity contribution in [1.82, 2.24) is 4.90 Å². The van der Waals surface area contributed by atoms with Gasteiger partial charge >= 0.3 is 0 Å². The van der Waals surface area contributed by atoms with Crippen molar-refractivity contribution >= 4 is 5.78 Å². The third kappa shape index (κ3) is 4.80. The van der Waals surface area contributed by atoms with Crippen LogP contribution in [0.5, 0.6) is 11.5 Å². The molecule has 1 rings (SSSR count). The topological polar surface area (TPSA) is 81.0 Å². The lowest BCUT2D eigenvalue weighted by molar-refractivity contribution is 0.0689. The van der Waals surface area contributed by atoms with Crippen LogP contribution in [0.2, 0.25) is 0 Å². The maximum Gasteiger partial charge on any atom is 0.251 e. The van der Waals surface area contributed by atoms with Crippen LogP contribution >= 0.6 is 0 Å². The van der Waals surface area contributed by atoms with Crippen molar-refractivity contribution in [2.24, 2.45) is 0 Å². The van der Waals surface area contributed by atoms with E-state index >= 15 is 0 Å². The van der Waals surface area contributed by atoms with Crippen LogP contribution in [0.3, 0.4) is 0 Å². The van der Waals surface area contributed by atoms with Gasteiger partial charge in [0.1, 0.15) is 0 Å². The summed E-state index contributed by atoms with van der Waals surface area (Å²) < 4.78 is 24.5. The highest BCUT2D eigenvalue weighted by atomic mass is 19.3. The van der Waals surface area contributed by atoms with E-state index in [9.17, 15) is 18.7 Å². The van der Waals surface area contributed by atoms with Crippen molar-refractivity contribution in [2.45, 2.75) is 6.43 Å². The first-order chi connectivity index (χ1) is 8.93. The Morgan fingerprint density at radius 3 is 2.47 bits per heavy atom. The third-order valence-electron chi connectivity index (χ3n) is 2.48. The largest absolute Gasteiger partial charge is 0.504 e. The molecule has 5 nitrogen and oxygen atoms in total. The first-order valence-electron chi connectivity index (χ1n) is 5.60. The summed E-state index contributed by atoms with van der Waals surface area (Å²) in [5.74, 6) is -1.30. The number of carbonyl (C=O) groups is 1. The number of phenolic OH excluding ortho intramolecular Hbond substituents is 2. The number of phenols is 2. The van der Waals surface area contributed by atoms with Gasteiger partial charge in [0.2, 0.25) is 0 Å². The maximum absolute atomic E-state index is 12.3. The number of halogens is 2. The molecule has 19 heavy (non-hydrogen) atoms. The number of aliphatic hydroxyl groups excluding tert-OH is 1. The quantitative estimate of drug-likeness (QED) is 0.507. The number of hydrogen-bond donors (Lipinski definition) is 3. The number of benzene rings is 1. The van der Waals surface area contributed by atoms with Crippen molar-refractivity contribution in [3.05, 3.63) is 23.8 Å². The zero-order valence-electron chi connectivity index (χ0n) is 10.1. The van der Waals surface area contributed by atoms with Gasteiger partial charge in [0.25, 0.3) is 6.43 Å². The summed E-state index contributed by atoms with van der Waals surface area (Å²) in [6.45, 7) is -1.29. The van der Waals surface area contributed by atoms with E-state index in [4.69, 9.17) is 10.2 Å². The van der Waals surface area contributed by atoms with E-state index in [0.29, 0.717) is 0 Å². The Morgan fingerprint density at radius 2 is 1.95 bits per heavy atom. The number of aromatic hydroxyl groups is 2. The number of Topliss-reactive ketones (excluding diaryl/α,β-unsaturated/α-hetero) is 1. The standard InChI is InChI=1S/C12H15F2NO4/c13-12(14)7-15(3-4-16)6-11(19)8-1-2-9(17)10(18)5-8/h1-2,5,12,16-18H,3-4,6-7H2. The fourth-order valence-electron chi connectivity index (χ4n) is 1.56. The molecule has 7 heteroatoms. The van der Waals surface area contributed by atoms with Gasteiger partial charge in [-0.25, -0.2) is 8.78 Å². The minimum absolute atomic E-state index is 0.0415. The Kier molecular flexibility index (Phi) is 5.65. The van der Waals surface area contributed by atoms with Crippen LogP contribution in [0.25, 0.3) is 0 Å². The molecule has 0 aliphatic heterocycles. The Labute approximate surface area is 108 Å². The van der Waals surface area contributed by atoms with E-state index in [0.717, 1.165) is 17.0 Å². The molecule has 1 aromatic rings. The predicted molar refractivity (Wildman–Crippen MR) is 63.6 cm³/mol. The molecule has 0 bridgehead atoms. The smallest absolute Gasteiger partial charge is 0.251 e. The second-order valence-electron chi connectivity index (χ2n) is 3.98. The second kappa shape index (κ2) is 7.01. The number of ketones is 1. The summed E-state index contributed by atoms with van der Waals surface area (Å²) >= 11 is 0. The second-order valence-corrected chi connectivity index (χ2v) is 3.98. The van der Waals surface area contributed by atoms with E-state index in [1.807, 2.05) is 0 Å². The molecule has 106 valence electrons. The fourth-order valence-corrected chi connectivity index (χ4v) is 1.56. The van der Waals surface area contributed by atoms with Crippen molar-refractivity contribution in [3.63, 3.8) is 0 Å². The summed E-state index contributed by atoms with van der Waals surface area (Å²) in [7, 11) is 0. The summed E-state index contributed by atoms with van der Waals surface area (Å²) in [6, 6.07) is 3.50. The monoisotopic (exact) mass is 275 g/mol. The maximum atomic E-state index is 12.3. The van der Waals surface area contributed by atoms with Crippen LogP contribution in [-0.4, -0.2) is 58.7 Å². The van der Waals surface area contributed by atoms with Gasteiger partial charge in [-0.1, -0.05) is 0 Å². The van der Waals surface area contributed by atoms with Crippen molar-refractivity contribution < 1.29 is 28.9 Å². The van der Waals surface area contributed by atoms with Crippen LogP contribution < -0.4 is 0 Å². The van der Waals surface area contributed by atoms with Crippen molar-refractivity contribution in [1.29, 1.82) is 0 Å². The number of alkyl halides is 2. The Bertz CT molecular complexity index is 440. The molecule has 0 fully saturated rings. The molecular formula is C12H15F2NO4. The van der Waals surface area contributed by atoms with E-state index in [2.05, 4.69) is 0 Å². The van der Waals surface area contributed by atoms with Crippen LogP contribution in [0.15, 0.2) is 18.2 Å². The van der Waals surface area contributed by atoms with Gasteiger partial charge in [-0.05, 0) is 18.2 Å². The molecule has 0 unspecified atom stereocenters. The Morgan fingerprint density at radius 1 is 1.26 bits per heavy atom. The Hall–Kier alpha value is -1.73. The molecular weight excluding hydrogens is 260 g/mol. The van der Waals surface area contributed by atoms with E-state index in [-0.39, 0.29) is 31.0 Å². The van der Waals surface area contributed by atoms with Crippen LogP contribution in [0.4, 0.5) is 8.78 Å². The molecule has 0 aliphatic rings. The fraction of sp³-hybridized carbons (Fsp3) is 0.417. The average Bonchev–Trinajstić information content (AvgIpc) is 2.32. The minimum Gasteiger partial charge on any atom is -0.504 e. The van der Waals surface area contributed by atoms with Crippen LogP contribution in [0.1, 0.15) is 10.4 Å². The molecule has 0 radical (unpaired) electrons. The number of nitrogens with zero attached hydrogens (tertiary/aromatic N) is 1. The molecule has 0 saturated heterocycles. The Balaban J connectivity index is 2.72. The number of rotatable bonds is 7. The van der Waals surface area contributed by atoms with Crippen LogP contribution in [-0.2, 0) is 0 Å². The van der Waals surface area contributed by atoms with Gasteiger partial charge in [0, 0.05) is 12.1 Å². The SMILES string of the molecule is O=C(CN(CCO)CC(F)F)c1ccc(O)c(O)c1.